The second kappa shape index (κ2) is 16.7. The Hall–Kier alpha value is -4.40. The molecule has 6 nitrogen and oxygen atoms in total. The number of piperidine rings is 2. The zero-order valence-electron chi connectivity index (χ0n) is 30.9. The van der Waals surface area contributed by atoms with Gasteiger partial charge in [-0.05, 0) is 136 Å². The molecule has 0 bridgehead atoms. The molecule has 53 heavy (non-hydrogen) atoms. The molecule has 3 aliphatic heterocycles. The van der Waals surface area contributed by atoms with Crippen LogP contribution in [0.2, 0.25) is 0 Å². The first-order chi connectivity index (χ1) is 25.7. The van der Waals surface area contributed by atoms with Crippen LogP contribution in [0, 0.1) is 28.9 Å². The standard InChI is InChI=1S/C45H52F2N4O2/c1-34(52)39-9-5-12-43(28-39)51(42-10-3-2-4-11-42)44(53)50-24-7-22-45(33-50,32-49-25-21-38(30-49)27-36-15-19-41(47)20-16-36)31-48-23-6-8-37(29-48)26-35-13-17-40(46)18-14-35/h2-5,9-20,28,37-38H,6-8,21-27,29-33H2,1H3/t37-,38?,45?/m0/s1. The molecule has 2 amide bonds. The molecule has 0 N–H and O–H groups in total. The number of hydrogen-bond acceptors (Lipinski definition) is 4. The van der Waals surface area contributed by atoms with Gasteiger partial charge in [0.2, 0.25) is 0 Å². The zero-order chi connectivity index (χ0) is 36.8. The number of benzene rings is 4. The lowest BCUT2D eigenvalue weighted by molar-refractivity contribution is 0.0244. The van der Waals surface area contributed by atoms with Gasteiger partial charge >= 0.3 is 6.03 Å². The number of para-hydroxylation sites is 1. The second-order valence-electron chi connectivity index (χ2n) is 15.9. The van der Waals surface area contributed by atoms with Crippen molar-refractivity contribution in [2.75, 3.05) is 57.3 Å². The van der Waals surface area contributed by atoms with Gasteiger partial charge in [0.1, 0.15) is 11.6 Å². The Labute approximate surface area is 313 Å². The number of ketones is 1. The molecule has 0 radical (unpaired) electrons. The molecule has 7 rings (SSSR count). The Balaban J connectivity index is 1.13. The van der Waals surface area contributed by atoms with E-state index < -0.39 is 0 Å². The molecule has 2 unspecified atom stereocenters. The van der Waals surface area contributed by atoms with Crippen LogP contribution in [0.25, 0.3) is 0 Å². The molecule has 8 heteroatoms. The maximum atomic E-state index is 14.8. The lowest BCUT2D eigenvalue weighted by atomic mass is 9.77. The van der Waals surface area contributed by atoms with Crippen LogP contribution in [0.5, 0.6) is 0 Å². The van der Waals surface area contributed by atoms with Crippen molar-refractivity contribution in [3.8, 4) is 0 Å². The van der Waals surface area contributed by atoms with Gasteiger partial charge in [-0.1, -0.05) is 54.6 Å². The van der Waals surface area contributed by atoms with Crippen LogP contribution in [0.1, 0.15) is 60.5 Å². The highest BCUT2D eigenvalue weighted by molar-refractivity contribution is 6.01. The van der Waals surface area contributed by atoms with Crippen molar-refractivity contribution in [2.45, 2.75) is 51.9 Å². The third kappa shape index (κ3) is 9.40. The van der Waals surface area contributed by atoms with Crippen LogP contribution in [0.3, 0.4) is 0 Å². The molecule has 0 aromatic heterocycles. The topological polar surface area (TPSA) is 47.1 Å². The van der Waals surface area contributed by atoms with E-state index in [2.05, 4.69) is 14.7 Å². The molecule has 0 aliphatic carbocycles. The summed E-state index contributed by atoms with van der Waals surface area (Å²) in [4.78, 5) is 36.3. The number of urea groups is 1. The van der Waals surface area contributed by atoms with Gasteiger partial charge in [0.25, 0.3) is 0 Å². The van der Waals surface area contributed by atoms with Gasteiger partial charge in [-0.15, -0.1) is 0 Å². The smallest absolute Gasteiger partial charge is 0.323 e. The van der Waals surface area contributed by atoms with Gasteiger partial charge in [0.15, 0.2) is 5.78 Å². The molecule has 0 saturated carbocycles. The number of Topliss-reactive ketones (excluding diaryl/α,β-unsaturated/α-hetero) is 1. The van der Waals surface area contributed by atoms with Crippen molar-refractivity contribution in [3.05, 3.63) is 131 Å². The van der Waals surface area contributed by atoms with Gasteiger partial charge in [-0.2, -0.15) is 0 Å². The van der Waals surface area contributed by atoms with Gasteiger partial charge in [-0.3, -0.25) is 9.69 Å². The van der Waals surface area contributed by atoms with Crippen LogP contribution >= 0.6 is 0 Å². The van der Waals surface area contributed by atoms with E-state index >= 15 is 0 Å². The number of carbonyl (C=O) groups excluding carboxylic acids is 2. The summed E-state index contributed by atoms with van der Waals surface area (Å²) in [6.45, 7) is 8.76. The molecule has 3 fully saturated rings. The fourth-order valence-corrected chi connectivity index (χ4v) is 9.17. The van der Waals surface area contributed by atoms with Crippen LogP contribution in [-0.2, 0) is 12.8 Å². The maximum Gasteiger partial charge on any atom is 0.329 e. The molecular formula is C45H52F2N4O2. The highest BCUT2D eigenvalue weighted by Crippen LogP contribution is 2.38. The number of rotatable bonds is 11. The SMILES string of the molecule is CC(=O)c1cccc(N(C(=O)N2CCCC(CN3CCC(Cc4ccc(F)cc4)C3)(CN3CCC[C@@H](Cc4ccc(F)cc4)C3)C2)c2ccccc2)c1. The third-order valence-electron chi connectivity index (χ3n) is 11.6. The Morgan fingerprint density at radius 3 is 1.94 bits per heavy atom. The first-order valence-electron chi connectivity index (χ1n) is 19.4. The summed E-state index contributed by atoms with van der Waals surface area (Å²) >= 11 is 0. The minimum Gasteiger partial charge on any atom is -0.323 e. The first-order valence-corrected chi connectivity index (χ1v) is 19.4. The Bertz CT molecular complexity index is 1840. The van der Waals surface area contributed by atoms with Gasteiger partial charge < -0.3 is 14.7 Å². The van der Waals surface area contributed by atoms with Gasteiger partial charge in [-0.25, -0.2) is 13.6 Å². The van der Waals surface area contributed by atoms with E-state index in [9.17, 15) is 18.4 Å². The highest BCUT2D eigenvalue weighted by atomic mass is 19.1. The number of likely N-dealkylation sites (tertiary alicyclic amines) is 3. The van der Waals surface area contributed by atoms with Gasteiger partial charge in [0.05, 0.1) is 11.4 Å². The van der Waals surface area contributed by atoms with Crippen molar-refractivity contribution in [2.24, 2.45) is 17.3 Å². The molecular weight excluding hydrogens is 667 g/mol. The number of nitrogens with zero attached hydrogens (tertiary/aromatic N) is 4. The summed E-state index contributed by atoms with van der Waals surface area (Å²) in [6.07, 6.45) is 7.24. The summed E-state index contributed by atoms with van der Waals surface area (Å²) < 4.78 is 27.3. The summed E-state index contributed by atoms with van der Waals surface area (Å²) in [5.41, 5.74) is 4.28. The molecule has 3 heterocycles. The Morgan fingerprint density at radius 2 is 1.30 bits per heavy atom. The number of anilines is 2. The van der Waals surface area contributed by atoms with E-state index in [0.29, 0.717) is 36.2 Å². The second-order valence-corrected chi connectivity index (χ2v) is 15.9. The van der Waals surface area contributed by atoms with E-state index in [1.807, 2.05) is 72.8 Å². The minimum absolute atomic E-state index is 0.0353. The van der Waals surface area contributed by atoms with Crippen LogP contribution in [0.4, 0.5) is 25.0 Å². The fourth-order valence-electron chi connectivity index (χ4n) is 9.17. The molecule has 0 spiro atoms. The minimum atomic E-state index is -0.199. The molecule has 4 aromatic rings. The average molecular weight is 719 g/mol. The Kier molecular flexibility index (Phi) is 11.7. The molecule has 3 saturated heterocycles. The van der Waals surface area contributed by atoms with Crippen LogP contribution < -0.4 is 4.90 Å². The van der Waals surface area contributed by atoms with Crippen molar-refractivity contribution >= 4 is 23.2 Å². The summed E-state index contributed by atoms with van der Waals surface area (Å²) in [5.74, 6) is 0.580. The number of hydrogen-bond donors (Lipinski definition) is 0. The average Bonchev–Trinajstić information content (AvgIpc) is 3.60. The molecule has 3 atom stereocenters. The summed E-state index contributed by atoms with van der Waals surface area (Å²) in [7, 11) is 0. The van der Waals surface area contributed by atoms with Crippen LogP contribution in [0.15, 0.2) is 103 Å². The predicted octanol–water partition coefficient (Wildman–Crippen LogP) is 9.03. The lowest BCUT2D eigenvalue weighted by Gasteiger charge is -2.49. The van der Waals surface area contributed by atoms with E-state index in [1.165, 1.54) is 11.1 Å². The van der Waals surface area contributed by atoms with Crippen molar-refractivity contribution in [3.63, 3.8) is 0 Å². The predicted molar refractivity (Wildman–Crippen MR) is 208 cm³/mol. The zero-order valence-corrected chi connectivity index (χ0v) is 30.9. The molecule has 3 aliphatic rings. The summed E-state index contributed by atoms with van der Waals surface area (Å²) in [6, 6.07) is 31.0. The van der Waals surface area contributed by atoms with E-state index in [1.54, 1.807) is 42.2 Å². The van der Waals surface area contributed by atoms with Crippen molar-refractivity contribution < 1.29 is 18.4 Å². The van der Waals surface area contributed by atoms with Crippen molar-refractivity contribution in [1.82, 2.24) is 14.7 Å². The number of halogens is 2. The molecule has 4 aromatic carbocycles. The van der Waals surface area contributed by atoms with E-state index in [0.717, 1.165) is 89.9 Å². The quantitative estimate of drug-likeness (QED) is 0.145. The van der Waals surface area contributed by atoms with E-state index in [-0.39, 0.29) is 28.9 Å². The number of carbonyl (C=O) groups is 2. The summed E-state index contributed by atoms with van der Waals surface area (Å²) in [5, 5.41) is 0. The lowest BCUT2D eigenvalue weighted by Crippen LogP contribution is -2.58. The normalized spacial score (nSPS) is 22.5. The first kappa shape index (κ1) is 36.9. The number of amides is 2. The highest BCUT2D eigenvalue weighted by Gasteiger charge is 2.43. The van der Waals surface area contributed by atoms with Crippen LogP contribution in [-0.4, -0.2) is 78.9 Å². The maximum absolute atomic E-state index is 14.8. The van der Waals surface area contributed by atoms with Gasteiger partial charge in [0, 0.05) is 50.2 Å². The van der Waals surface area contributed by atoms with Crippen molar-refractivity contribution in [1.29, 1.82) is 0 Å². The largest absolute Gasteiger partial charge is 0.329 e. The monoisotopic (exact) mass is 718 g/mol. The molecule has 278 valence electrons. The third-order valence-corrected chi connectivity index (χ3v) is 11.6. The fraction of sp³-hybridized carbons (Fsp3) is 0.422. The van der Waals surface area contributed by atoms with E-state index in [4.69, 9.17) is 0 Å². The Morgan fingerprint density at radius 1 is 0.698 bits per heavy atom.